The van der Waals surface area contributed by atoms with Crippen LogP contribution in [0.3, 0.4) is 0 Å². The monoisotopic (exact) mass is 419 g/mol. The Morgan fingerprint density at radius 1 is 0.567 bits per heavy atom. The van der Waals surface area contributed by atoms with Gasteiger partial charge in [-0.2, -0.15) is 0 Å². The van der Waals surface area contributed by atoms with Crippen LogP contribution in [0.25, 0.3) is 0 Å². The molecule has 0 amide bonds. The molecule has 0 aliphatic rings. The molecule has 0 aliphatic carbocycles. The first-order chi connectivity index (χ1) is 14.8. The van der Waals surface area contributed by atoms with Gasteiger partial charge >= 0.3 is 0 Å². The molecule has 1 aromatic heterocycles. The average Bonchev–Trinajstić information content (AvgIpc) is 3.14. The highest BCUT2D eigenvalue weighted by Gasteiger charge is 2.16. The van der Waals surface area contributed by atoms with Gasteiger partial charge in [0.05, 0.1) is 13.1 Å². The van der Waals surface area contributed by atoms with Crippen LogP contribution in [0.1, 0.15) is 149 Å². The molecule has 0 saturated carbocycles. The Hall–Kier alpha value is -0.790. The second kappa shape index (κ2) is 20.1. The van der Waals surface area contributed by atoms with Gasteiger partial charge in [0, 0.05) is 6.42 Å². The van der Waals surface area contributed by atoms with Crippen LogP contribution in [0.5, 0.6) is 0 Å². The molecule has 0 aliphatic heterocycles. The molecule has 0 fully saturated rings. The molecule has 1 heterocycles. The SMILES string of the molecule is CCCCCCCCCCCCCCCCc1n(CCCC)cc[n+]1CCCCC. The molecule has 0 spiro atoms. The molecule has 0 unspecified atom stereocenters. The summed E-state index contributed by atoms with van der Waals surface area (Å²) in [5.41, 5.74) is 0. The number of aryl methyl sites for hydroxylation is 2. The highest BCUT2D eigenvalue weighted by atomic mass is 15.1. The maximum absolute atomic E-state index is 2.55. The summed E-state index contributed by atoms with van der Waals surface area (Å²) in [5, 5.41) is 0. The number of imidazole rings is 1. The molecule has 0 saturated heterocycles. The zero-order valence-corrected chi connectivity index (χ0v) is 21.1. The Kier molecular flexibility index (Phi) is 18.3. The van der Waals surface area contributed by atoms with E-state index in [1.165, 1.54) is 142 Å². The molecule has 0 atom stereocenters. The number of aromatic nitrogens is 2. The summed E-state index contributed by atoms with van der Waals surface area (Å²) in [6.07, 6.45) is 32.7. The smallest absolute Gasteiger partial charge is 0.234 e. The first-order valence-electron chi connectivity index (χ1n) is 13.9. The van der Waals surface area contributed by atoms with Gasteiger partial charge in [-0.1, -0.05) is 117 Å². The fourth-order valence-corrected chi connectivity index (χ4v) is 4.53. The number of rotatable bonds is 22. The van der Waals surface area contributed by atoms with Crippen LogP contribution in [0.4, 0.5) is 0 Å². The van der Waals surface area contributed by atoms with Crippen LogP contribution in [0, 0.1) is 0 Å². The molecular weight excluding hydrogens is 364 g/mol. The lowest BCUT2D eigenvalue weighted by Crippen LogP contribution is -2.37. The number of hydrogen-bond acceptors (Lipinski definition) is 0. The van der Waals surface area contributed by atoms with E-state index in [1.807, 2.05) is 0 Å². The molecule has 0 aromatic carbocycles. The van der Waals surface area contributed by atoms with Crippen molar-refractivity contribution in [2.24, 2.45) is 0 Å². The van der Waals surface area contributed by atoms with Gasteiger partial charge in [-0.25, -0.2) is 9.13 Å². The first-order valence-corrected chi connectivity index (χ1v) is 13.9. The molecular formula is C28H55N2+. The van der Waals surface area contributed by atoms with Crippen LogP contribution in [-0.2, 0) is 19.5 Å². The quantitative estimate of drug-likeness (QED) is 0.131. The average molecular weight is 420 g/mol. The topological polar surface area (TPSA) is 8.81 Å². The second-order valence-corrected chi connectivity index (χ2v) is 9.51. The molecule has 0 bridgehead atoms. The van der Waals surface area contributed by atoms with Crippen LogP contribution < -0.4 is 4.57 Å². The largest absolute Gasteiger partial charge is 0.256 e. The molecule has 2 heteroatoms. The van der Waals surface area contributed by atoms with Gasteiger partial charge in [0.25, 0.3) is 5.82 Å². The molecule has 1 aromatic rings. The standard InChI is InChI=1S/C28H55N2/c1-4-7-10-11-12-13-14-15-16-17-18-19-20-21-23-28-29(24-9-6-3)26-27-30(28)25-22-8-5-2/h26-27H,4-25H2,1-3H3/q+1. The first kappa shape index (κ1) is 27.2. The van der Waals surface area contributed by atoms with Crippen molar-refractivity contribution in [2.75, 3.05) is 0 Å². The van der Waals surface area contributed by atoms with Crippen molar-refractivity contribution in [2.45, 2.75) is 162 Å². The summed E-state index contributed by atoms with van der Waals surface area (Å²) in [4.78, 5) is 0. The molecule has 2 nitrogen and oxygen atoms in total. The number of nitrogens with zero attached hydrogens (tertiary/aromatic N) is 2. The van der Waals surface area contributed by atoms with Crippen molar-refractivity contribution >= 4 is 0 Å². The minimum absolute atomic E-state index is 1.20. The maximum Gasteiger partial charge on any atom is 0.256 e. The predicted octanol–water partition coefficient (Wildman–Crippen LogP) is 8.79. The molecule has 30 heavy (non-hydrogen) atoms. The maximum atomic E-state index is 2.55. The molecule has 1 rings (SSSR count). The minimum atomic E-state index is 1.20. The summed E-state index contributed by atoms with van der Waals surface area (Å²) in [6.45, 7) is 9.31. The van der Waals surface area contributed by atoms with E-state index >= 15 is 0 Å². The highest BCUT2D eigenvalue weighted by Crippen LogP contribution is 2.14. The lowest BCUT2D eigenvalue weighted by Gasteiger charge is -2.06. The van der Waals surface area contributed by atoms with E-state index in [9.17, 15) is 0 Å². The number of hydrogen-bond donors (Lipinski definition) is 0. The van der Waals surface area contributed by atoms with Gasteiger partial charge in [-0.05, 0) is 25.7 Å². The zero-order valence-electron chi connectivity index (χ0n) is 21.1. The van der Waals surface area contributed by atoms with E-state index in [1.54, 1.807) is 5.82 Å². The fourth-order valence-electron chi connectivity index (χ4n) is 4.53. The Morgan fingerprint density at radius 3 is 1.57 bits per heavy atom. The van der Waals surface area contributed by atoms with E-state index in [4.69, 9.17) is 0 Å². The Morgan fingerprint density at radius 2 is 1.03 bits per heavy atom. The summed E-state index contributed by atoms with van der Waals surface area (Å²) < 4.78 is 5.09. The van der Waals surface area contributed by atoms with E-state index in [-0.39, 0.29) is 0 Å². The zero-order chi connectivity index (χ0) is 21.7. The van der Waals surface area contributed by atoms with Gasteiger partial charge in [-0.15, -0.1) is 0 Å². The highest BCUT2D eigenvalue weighted by molar-refractivity contribution is 4.84. The van der Waals surface area contributed by atoms with Crippen molar-refractivity contribution in [3.8, 4) is 0 Å². The van der Waals surface area contributed by atoms with E-state index in [0.29, 0.717) is 0 Å². The third-order valence-corrected chi connectivity index (χ3v) is 6.60. The van der Waals surface area contributed by atoms with E-state index in [2.05, 4.69) is 42.3 Å². The Balaban J connectivity index is 2.10. The Bertz CT molecular complexity index is 477. The summed E-state index contributed by atoms with van der Waals surface area (Å²) in [7, 11) is 0. The number of unbranched alkanes of at least 4 members (excludes halogenated alkanes) is 16. The van der Waals surface area contributed by atoms with E-state index < -0.39 is 0 Å². The van der Waals surface area contributed by atoms with Gasteiger partial charge in [0.2, 0.25) is 0 Å². The van der Waals surface area contributed by atoms with Crippen LogP contribution in [0.2, 0.25) is 0 Å². The molecule has 176 valence electrons. The van der Waals surface area contributed by atoms with Crippen molar-refractivity contribution in [3.05, 3.63) is 18.2 Å². The predicted molar refractivity (Wildman–Crippen MR) is 133 cm³/mol. The van der Waals surface area contributed by atoms with Crippen molar-refractivity contribution in [3.63, 3.8) is 0 Å². The second-order valence-electron chi connectivity index (χ2n) is 9.51. The lowest BCUT2D eigenvalue weighted by atomic mass is 10.0. The van der Waals surface area contributed by atoms with E-state index in [0.717, 1.165) is 0 Å². The Labute approximate surface area is 189 Å². The summed E-state index contributed by atoms with van der Waals surface area (Å²) in [5.74, 6) is 1.58. The molecule has 0 N–H and O–H groups in total. The van der Waals surface area contributed by atoms with Gasteiger partial charge < -0.3 is 0 Å². The van der Waals surface area contributed by atoms with Crippen molar-refractivity contribution in [1.29, 1.82) is 0 Å². The lowest BCUT2D eigenvalue weighted by molar-refractivity contribution is -0.704. The normalized spacial score (nSPS) is 11.4. The fraction of sp³-hybridized carbons (Fsp3) is 0.893. The minimum Gasteiger partial charge on any atom is -0.234 e. The summed E-state index contributed by atoms with van der Waals surface area (Å²) >= 11 is 0. The van der Waals surface area contributed by atoms with Crippen molar-refractivity contribution in [1.82, 2.24) is 4.57 Å². The summed E-state index contributed by atoms with van der Waals surface area (Å²) in [6, 6.07) is 0. The van der Waals surface area contributed by atoms with Crippen LogP contribution >= 0.6 is 0 Å². The third-order valence-electron chi connectivity index (χ3n) is 6.60. The van der Waals surface area contributed by atoms with Gasteiger partial charge in [0.15, 0.2) is 0 Å². The van der Waals surface area contributed by atoms with Crippen molar-refractivity contribution < 1.29 is 4.57 Å². The van der Waals surface area contributed by atoms with Gasteiger partial charge in [-0.3, -0.25) is 0 Å². The van der Waals surface area contributed by atoms with Crippen LogP contribution in [-0.4, -0.2) is 4.57 Å². The van der Waals surface area contributed by atoms with Gasteiger partial charge in [0.1, 0.15) is 12.4 Å². The molecule has 0 radical (unpaired) electrons. The third kappa shape index (κ3) is 13.5. The van der Waals surface area contributed by atoms with Crippen LogP contribution in [0.15, 0.2) is 12.4 Å².